The summed E-state index contributed by atoms with van der Waals surface area (Å²) in [6.45, 7) is 4.02. The number of hydrogen-bond donors (Lipinski definition) is 0. The Morgan fingerprint density at radius 2 is 2.25 bits per heavy atom. The molecule has 0 aliphatic carbocycles. The lowest BCUT2D eigenvalue weighted by Crippen LogP contribution is -2.09. The summed E-state index contributed by atoms with van der Waals surface area (Å²) in [6, 6.07) is 5.87. The zero-order valence-corrected chi connectivity index (χ0v) is 11.4. The van der Waals surface area contributed by atoms with Crippen LogP contribution in [0.2, 0.25) is 0 Å². The molecule has 0 heterocycles. The summed E-state index contributed by atoms with van der Waals surface area (Å²) in [4.78, 5) is 11.3. The van der Waals surface area contributed by atoms with Gasteiger partial charge in [0.05, 0.1) is 18.6 Å². The summed E-state index contributed by atoms with van der Waals surface area (Å²) >= 11 is 2.11. The lowest BCUT2D eigenvalue weighted by atomic mass is 10.0. The van der Waals surface area contributed by atoms with E-state index in [1.165, 1.54) is 0 Å². The number of halogens is 1. The first-order valence-corrected chi connectivity index (χ1v) is 6.01. The van der Waals surface area contributed by atoms with E-state index in [9.17, 15) is 4.79 Å². The fourth-order valence-corrected chi connectivity index (χ4v) is 2.12. The van der Waals surface area contributed by atoms with Crippen LogP contribution in [0.1, 0.15) is 23.6 Å². The van der Waals surface area contributed by atoms with Gasteiger partial charge in [-0.15, -0.1) is 0 Å². The molecule has 1 rings (SSSR count). The Balaban J connectivity index is 2.99. The molecule has 0 amide bonds. The van der Waals surface area contributed by atoms with Crippen molar-refractivity contribution in [2.45, 2.75) is 20.3 Å². The van der Waals surface area contributed by atoms with E-state index in [1.807, 2.05) is 19.1 Å². The highest BCUT2D eigenvalue weighted by Crippen LogP contribution is 2.20. The van der Waals surface area contributed by atoms with Crippen LogP contribution in [-0.2, 0) is 16.0 Å². The predicted molar refractivity (Wildman–Crippen MR) is 68.9 cm³/mol. The molecule has 3 nitrogen and oxygen atoms in total. The number of hydrogen-bond acceptors (Lipinski definition) is 3. The molecule has 1 aromatic carbocycles. The first-order valence-electron chi connectivity index (χ1n) is 4.93. The van der Waals surface area contributed by atoms with Gasteiger partial charge in [-0.25, -0.2) is 0 Å². The minimum atomic E-state index is -0.254. The summed E-state index contributed by atoms with van der Waals surface area (Å²) in [5.41, 5.74) is 2.36. The molecule has 0 aliphatic rings. The van der Waals surface area contributed by atoms with E-state index >= 15 is 0 Å². The van der Waals surface area contributed by atoms with Crippen LogP contribution in [0.3, 0.4) is 0 Å². The Labute approximate surface area is 109 Å². The molecule has 0 saturated carbocycles. The van der Waals surface area contributed by atoms with E-state index in [0.717, 1.165) is 14.7 Å². The van der Waals surface area contributed by atoms with Gasteiger partial charge in [-0.1, -0.05) is 6.07 Å². The number of nitrogens with zero attached hydrogens (tertiary/aromatic N) is 1. The minimum absolute atomic E-state index is 0.227. The summed E-state index contributed by atoms with van der Waals surface area (Å²) < 4.78 is 5.79. The van der Waals surface area contributed by atoms with Crippen molar-refractivity contribution in [2.24, 2.45) is 0 Å². The van der Waals surface area contributed by atoms with Gasteiger partial charge in [-0.2, -0.15) is 5.26 Å². The highest BCUT2D eigenvalue weighted by Gasteiger charge is 2.11. The summed E-state index contributed by atoms with van der Waals surface area (Å²) in [6.07, 6.45) is 0.227. The van der Waals surface area contributed by atoms with Gasteiger partial charge in [0.25, 0.3) is 0 Å². The zero-order valence-electron chi connectivity index (χ0n) is 9.21. The average molecular weight is 329 g/mol. The van der Waals surface area contributed by atoms with Crippen LogP contribution in [0.25, 0.3) is 0 Å². The van der Waals surface area contributed by atoms with Gasteiger partial charge >= 0.3 is 5.97 Å². The molecule has 16 heavy (non-hydrogen) atoms. The molecule has 1 aromatic rings. The molecule has 0 N–H and O–H groups in total. The Bertz CT molecular complexity index is 449. The summed E-state index contributed by atoms with van der Waals surface area (Å²) in [5, 5.41) is 8.99. The van der Waals surface area contributed by atoms with Crippen molar-refractivity contribution in [1.29, 1.82) is 5.26 Å². The molecule has 0 aromatic heterocycles. The lowest BCUT2D eigenvalue weighted by Gasteiger charge is -2.08. The molecule has 0 spiro atoms. The molecule has 84 valence electrons. The van der Waals surface area contributed by atoms with Crippen LogP contribution in [0.15, 0.2) is 12.1 Å². The predicted octanol–water partition coefficient (Wildman–Crippen LogP) is 2.58. The van der Waals surface area contributed by atoms with Crippen molar-refractivity contribution in [3.05, 3.63) is 32.4 Å². The second-order valence-electron chi connectivity index (χ2n) is 3.30. The first-order chi connectivity index (χ1) is 7.60. The Kier molecular flexibility index (Phi) is 4.74. The van der Waals surface area contributed by atoms with Crippen LogP contribution in [0.5, 0.6) is 0 Å². The SMILES string of the molecule is CCOC(=O)Cc1ccc(I)c(C#N)c1C. The van der Waals surface area contributed by atoms with Crippen LogP contribution < -0.4 is 0 Å². The summed E-state index contributed by atoms with van der Waals surface area (Å²) in [7, 11) is 0. The Morgan fingerprint density at radius 3 is 2.81 bits per heavy atom. The van der Waals surface area contributed by atoms with Gasteiger partial charge < -0.3 is 4.74 Å². The Morgan fingerprint density at radius 1 is 1.56 bits per heavy atom. The van der Waals surface area contributed by atoms with Crippen LogP contribution in [-0.4, -0.2) is 12.6 Å². The monoisotopic (exact) mass is 329 g/mol. The van der Waals surface area contributed by atoms with E-state index in [1.54, 1.807) is 6.92 Å². The third-order valence-corrected chi connectivity index (χ3v) is 3.18. The third-order valence-electron chi connectivity index (χ3n) is 2.28. The van der Waals surface area contributed by atoms with Crippen molar-refractivity contribution in [2.75, 3.05) is 6.61 Å². The molecule has 0 atom stereocenters. The number of nitriles is 1. The Hall–Kier alpha value is -1.09. The normalized spacial score (nSPS) is 9.62. The smallest absolute Gasteiger partial charge is 0.310 e. The number of esters is 1. The second-order valence-corrected chi connectivity index (χ2v) is 4.46. The fraction of sp³-hybridized carbons (Fsp3) is 0.333. The fourth-order valence-electron chi connectivity index (χ4n) is 1.42. The maximum Gasteiger partial charge on any atom is 0.310 e. The highest BCUT2D eigenvalue weighted by atomic mass is 127. The van der Waals surface area contributed by atoms with Crippen molar-refractivity contribution >= 4 is 28.6 Å². The summed E-state index contributed by atoms with van der Waals surface area (Å²) in [5.74, 6) is -0.254. The maximum absolute atomic E-state index is 11.3. The van der Waals surface area contributed by atoms with Crippen molar-refractivity contribution < 1.29 is 9.53 Å². The van der Waals surface area contributed by atoms with E-state index in [-0.39, 0.29) is 12.4 Å². The van der Waals surface area contributed by atoms with Crippen molar-refractivity contribution in [3.8, 4) is 6.07 Å². The number of benzene rings is 1. The molecule has 0 saturated heterocycles. The van der Waals surface area contributed by atoms with Gasteiger partial charge in [0.15, 0.2) is 0 Å². The molecule has 0 unspecified atom stereocenters. The molecular weight excluding hydrogens is 317 g/mol. The quantitative estimate of drug-likeness (QED) is 0.633. The standard InChI is InChI=1S/C12H12INO2/c1-3-16-12(15)6-9-4-5-11(13)10(7-14)8(9)2/h4-5H,3,6H2,1-2H3. The molecule has 0 radical (unpaired) electrons. The van der Waals surface area contributed by atoms with Crippen LogP contribution >= 0.6 is 22.6 Å². The second kappa shape index (κ2) is 5.85. The van der Waals surface area contributed by atoms with Gasteiger partial charge in [0, 0.05) is 3.57 Å². The van der Waals surface area contributed by atoms with E-state index in [2.05, 4.69) is 28.7 Å². The van der Waals surface area contributed by atoms with Crippen LogP contribution in [0, 0.1) is 21.8 Å². The molecule has 4 heteroatoms. The van der Waals surface area contributed by atoms with Gasteiger partial charge in [-0.05, 0) is 53.6 Å². The number of carbonyl (C=O) groups is 1. The number of rotatable bonds is 3. The minimum Gasteiger partial charge on any atom is -0.466 e. The average Bonchev–Trinajstić information content (AvgIpc) is 2.23. The van der Waals surface area contributed by atoms with Crippen molar-refractivity contribution in [3.63, 3.8) is 0 Å². The first kappa shape index (κ1) is 13.0. The van der Waals surface area contributed by atoms with Gasteiger partial charge in [-0.3, -0.25) is 4.79 Å². The highest BCUT2D eigenvalue weighted by molar-refractivity contribution is 14.1. The lowest BCUT2D eigenvalue weighted by molar-refractivity contribution is -0.142. The molecular formula is C12H12INO2. The number of ether oxygens (including phenoxy) is 1. The number of carbonyl (C=O) groups excluding carboxylic acids is 1. The topological polar surface area (TPSA) is 50.1 Å². The molecule has 0 bridgehead atoms. The van der Waals surface area contributed by atoms with E-state index in [4.69, 9.17) is 10.00 Å². The van der Waals surface area contributed by atoms with Crippen LogP contribution in [0.4, 0.5) is 0 Å². The van der Waals surface area contributed by atoms with Gasteiger partial charge in [0.2, 0.25) is 0 Å². The third kappa shape index (κ3) is 2.95. The van der Waals surface area contributed by atoms with E-state index in [0.29, 0.717) is 12.2 Å². The largest absolute Gasteiger partial charge is 0.466 e. The molecule has 0 fully saturated rings. The van der Waals surface area contributed by atoms with Gasteiger partial charge in [0.1, 0.15) is 6.07 Å². The van der Waals surface area contributed by atoms with Crippen molar-refractivity contribution in [1.82, 2.24) is 0 Å². The maximum atomic E-state index is 11.3. The molecule has 0 aliphatic heterocycles. The zero-order chi connectivity index (χ0) is 12.1. The van der Waals surface area contributed by atoms with E-state index < -0.39 is 0 Å².